The second kappa shape index (κ2) is 5.07. The number of halogens is 1. The van der Waals surface area contributed by atoms with E-state index in [-0.39, 0.29) is 11.8 Å². The van der Waals surface area contributed by atoms with Gasteiger partial charge in [-0.15, -0.1) is 0 Å². The van der Waals surface area contributed by atoms with Gasteiger partial charge < -0.3 is 5.32 Å². The first kappa shape index (κ1) is 11.1. The van der Waals surface area contributed by atoms with Gasteiger partial charge in [-0.25, -0.2) is 4.98 Å². The Morgan fingerprint density at radius 2 is 2.20 bits per heavy atom. The lowest BCUT2D eigenvalue weighted by atomic mass is 9.89. The molecule has 1 aliphatic rings. The maximum Gasteiger partial charge on any atom is 0.229 e. The molecule has 82 valence electrons. The van der Waals surface area contributed by atoms with E-state index in [9.17, 15) is 4.79 Å². The van der Waals surface area contributed by atoms with Crippen LogP contribution in [0, 0.1) is 5.92 Å². The van der Waals surface area contributed by atoms with Crippen molar-refractivity contribution in [2.45, 2.75) is 32.1 Å². The highest BCUT2D eigenvalue weighted by Crippen LogP contribution is 2.27. The van der Waals surface area contributed by atoms with Crippen molar-refractivity contribution in [3.8, 4) is 0 Å². The van der Waals surface area contributed by atoms with E-state index < -0.39 is 0 Å². The van der Waals surface area contributed by atoms with Crippen molar-refractivity contribution in [2.24, 2.45) is 5.92 Å². The molecule has 0 unspecified atom stereocenters. The molecule has 0 aromatic carbocycles. The maximum atomic E-state index is 11.8. The highest BCUT2D eigenvalue weighted by molar-refractivity contribution is 9.11. The number of rotatable bonds is 2. The molecule has 15 heavy (non-hydrogen) atoms. The van der Waals surface area contributed by atoms with Crippen LogP contribution in [0.5, 0.6) is 0 Å². The summed E-state index contributed by atoms with van der Waals surface area (Å²) in [5.74, 6) is 0.331. The fourth-order valence-corrected chi connectivity index (χ4v) is 2.99. The molecular weight excluding hydrogens is 276 g/mol. The Morgan fingerprint density at radius 3 is 2.80 bits per heavy atom. The minimum Gasteiger partial charge on any atom is -0.302 e. The Balaban J connectivity index is 1.91. The van der Waals surface area contributed by atoms with Crippen molar-refractivity contribution in [1.82, 2.24) is 4.98 Å². The molecular formula is C10H13BrN2OS. The largest absolute Gasteiger partial charge is 0.302 e. The third-order valence-corrected chi connectivity index (χ3v) is 4.08. The number of nitrogens with zero attached hydrogens (tertiary/aromatic N) is 1. The zero-order valence-electron chi connectivity index (χ0n) is 8.33. The fourth-order valence-electron chi connectivity index (χ4n) is 1.88. The van der Waals surface area contributed by atoms with E-state index in [1.807, 2.05) is 0 Å². The molecule has 1 aliphatic carbocycles. The summed E-state index contributed by atoms with van der Waals surface area (Å²) < 4.78 is 0.946. The van der Waals surface area contributed by atoms with Crippen LogP contribution in [0.2, 0.25) is 0 Å². The number of aromatic nitrogens is 1. The molecule has 1 amide bonds. The molecule has 5 heteroatoms. The third-order valence-electron chi connectivity index (χ3n) is 2.68. The van der Waals surface area contributed by atoms with Crippen LogP contribution in [-0.4, -0.2) is 10.9 Å². The van der Waals surface area contributed by atoms with Gasteiger partial charge in [0.2, 0.25) is 5.91 Å². The van der Waals surface area contributed by atoms with E-state index in [0.29, 0.717) is 5.13 Å². The van der Waals surface area contributed by atoms with Crippen molar-refractivity contribution in [2.75, 3.05) is 5.32 Å². The number of thiazole rings is 1. The SMILES string of the molecule is O=C(Nc1ncc(Br)s1)C1CCCCC1. The number of carbonyl (C=O) groups is 1. The van der Waals surface area contributed by atoms with Crippen LogP contribution in [0.1, 0.15) is 32.1 Å². The zero-order chi connectivity index (χ0) is 10.7. The first-order valence-corrected chi connectivity index (χ1v) is 6.79. The number of amides is 1. The third kappa shape index (κ3) is 3.01. The van der Waals surface area contributed by atoms with Gasteiger partial charge >= 0.3 is 0 Å². The van der Waals surface area contributed by atoms with Gasteiger partial charge in [0.15, 0.2) is 5.13 Å². The van der Waals surface area contributed by atoms with Gasteiger partial charge in [-0.05, 0) is 28.8 Å². The highest BCUT2D eigenvalue weighted by atomic mass is 79.9. The molecule has 0 saturated heterocycles. The Hall–Kier alpha value is -0.420. The summed E-state index contributed by atoms with van der Waals surface area (Å²) in [6.07, 6.45) is 7.39. The monoisotopic (exact) mass is 288 g/mol. The van der Waals surface area contributed by atoms with E-state index in [2.05, 4.69) is 26.2 Å². The van der Waals surface area contributed by atoms with Gasteiger partial charge in [0.1, 0.15) is 0 Å². The predicted octanol–water partition coefficient (Wildman–Crippen LogP) is 3.42. The maximum absolute atomic E-state index is 11.8. The lowest BCUT2D eigenvalue weighted by molar-refractivity contribution is -0.120. The molecule has 1 N–H and O–H groups in total. The first-order chi connectivity index (χ1) is 7.25. The smallest absolute Gasteiger partial charge is 0.229 e. The average Bonchev–Trinajstić information content (AvgIpc) is 2.65. The van der Waals surface area contributed by atoms with E-state index >= 15 is 0 Å². The Bertz CT molecular complexity index is 347. The lowest BCUT2D eigenvalue weighted by Crippen LogP contribution is -2.24. The minimum atomic E-state index is 0.136. The van der Waals surface area contributed by atoms with Crippen molar-refractivity contribution in [3.63, 3.8) is 0 Å². The molecule has 1 aromatic rings. The normalized spacial score (nSPS) is 17.7. The average molecular weight is 289 g/mol. The highest BCUT2D eigenvalue weighted by Gasteiger charge is 2.21. The number of hydrogen-bond acceptors (Lipinski definition) is 3. The van der Waals surface area contributed by atoms with Crippen LogP contribution < -0.4 is 5.32 Å². The summed E-state index contributed by atoms with van der Waals surface area (Å²) in [6.45, 7) is 0. The molecule has 1 saturated carbocycles. The lowest BCUT2D eigenvalue weighted by Gasteiger charge is -2.19. The molecule has 0 atom stereocenters. The summed E-state index contributed by atoms with van der Waals surface area (Å²) in [5, 5.41) is 3.56. The van der Waals surface area contributed by atoms with Gasteiger partial charge in [0, 0.05) is 5.92 Å². The van der Waals surface area contributed by atoms with E-state index in [1.54, 1.807) is 6.20 Å². The molecule has 0 spiro atoms. The van der Waals surface area contributed by atoms with E-state index in [0.717, 1.165) is 16.6 Å². The fraction of sp³-hybridized carbons (Fsp3) is 0.600. The molecule has 0 bridgehead atoms. The van der Waals surface area contributed by atoms with Crippen molar-refractivity contribution < 1.29 is 4.79 Å². The van der Waals surface area contributed by atoms with E-state index in [4.69, 9.17) is 0 Å². The van der Waals surface area contributed by atoms with Gasteiger partial charge in [0.25, 0.3) is 0 Å². The number of carbonyl (C=O) groups excluding carboxylic acids is 1. The molecule has 1 heterocycles. The van der Waals surface area contributed by atoms with Gasteiger partial charge in [-0.2, -0.15) is 0 Å². The minimum absolute atomic E-state index is 0.136. The van der Waals surface area contributed by atoms with Gasteiger partial charge in [0.05, 0.1) is 9.98 Å². The first-order valence-electron chi connectivity index (χ1n) is 5.18. The quantitative estimate of drug-likeness (QED) is 0.906. The predicted molar refractivity (Wildman–Crippen MR) is 65.0 cm³/mol. The van der Waals surface area contributed by atoms with Crippen LogP contribution in [0.15, 0.2) is 9.98 Å². The molecule has 1 fully saturated rings. The summed E-state index contributed by atoms with van der Waals surface area (Å²) in [7, 11) is 0. The summed E-state index contributed by atoms with van der Waals surface area (Å²) >= 11 is 4.78. The van der Waals surface area contributed by atoms with Crippen LogP contribution in [0.25, 0.3) is 0 Å². The van der Waals surface area contributed by atoms with Crippen LogP contribution >= 0.6 is 27.3 Å². The summed E-state index contributed by atoms with van der Waals surface area (Å²) in [5.41, 5.74) is 0. The summed E-state index contributed by atoms with van der Waals surface area (Å²) in [4.78, 5) is 15.9. The molecule has 3 nitrogen and oxygen atoms in total. The Morgan fingerprint density at radius 1 is 1.47 bits per heavy atom. The van der Waals surface area contributed by atoms with Gasteiger partial charge in [-0.3, -0.25) is 4.79 Å². The second-order valence-electron chi connectivity index (χ2n) is 3.79. The van der Waals surface area contributed by atoms with Crippen LogP contribution in [-0.2, 0) is 4.79 Å². The van der Waals surface area contributed by atoms with Crippen LogP contribution in [0.3, 0.4) is 0 Å². The molecule has 2 rings (SSSR count). The number of anilines is 1. The standard InChI is InChI=1S/C10H13BrN2OS/c11-8-6-12-10(15-8)13-9(14)7-4-2-1-3-5-7/h6-7H,1-5H2,(H,12,13,14). The Kier molecular flexibility index (Phi) is 3.75. The van der Waals surface area contributed by atoms with Crippen molar-refractivity contribution in [1.29, 1.82) is 0 Å². The van der Waals surface area contributed by atoms with E-state index in [1.165, 1.54) is 30.6 Å². The molecule has 0 radical (unpaired) electrons. The molecule has 1 aromatic heterocycles. The summed E-state index contributed by atoms with van der Waals surface area (Å²) in [6, 6.07) is 0. The topological polar surface area (TPSA) is 42.0 Å². The number of hydrogen-bond donors (Lipinski definition) is 1. The van der Waals surface area contributed by atoms with Gasteiger partial charge in [-0.1, -0.05) is 30.6 Å². The Labute approximate surface area is 101 Å². The zero-order valence-corrected chi connectivity index (χ0v) is 10.7. The van der Waals surface area contributed by atoms with Crippen molar-refractivity contribution >= 4 is 38.3 Å². The van der Waals surface area contributed by atoms with Crippen LogP contribution in [0.4, 0.5) is 5.13 Å². The second-order valence-corrected chi connectivity index (χ2v) is 6.20. The van der Waals surface area contributed by atoms with Crippen molar-refractivity contribution in [3.05, 3.63) is 9.98 Å². The number of nitrogens with one attached hydrogen (secondary N) is 1. The molecule has 0 aliphatic heterocycles.